The Morgan fingerprint density at radius 3 is 2.43 bits per heavy atom. The lowest BCUT2D eigenvalue weighted by Crippen LogP contribution is -2.64. The number of carbonyl (C=O) groups is 6. The van der Waals surface area contributed by atoms with Gasteiger partial charge in [0, 0.05) is 55.9 Å². The van der Waals surface area contributed by atoms with Crippen molar-refractivity contribution in [1.29, 1.82) is 0 Å². The molecule has 426 valence electrons. The van der Waals surface area contributed by atoms with Gasteiger partial charge in [0.1, 0.15) is 35.8 Å². The highest BCUT2D eigenvalue weighted by molar-refractivity contribution is 5.93. The Kier molecular flexibility index (Phi) is 23.5. The zero-order valence-electron chi connectivity index (χ0n) is 47.1. The average molecular weight is 1070 g/mol. The van der Waals surface area contributed by atoms with Crippen LogP contribution in [-0.4, -0.2) is 122 Å². The van der Waals surface area contributed by atoms with Gasteiger partial charge in [0.05, 0.1) is 30.3 Å². The van der Waals surface area contributed by atoms with Crippen molar-refractivity contribution >= 4 is 35.4 Å². The van der Waals surface area contributed by atoms with E-state index in [9.17, 15) is 49.2 Å². The van der Waals surface area contributed by atoms with Crippen molar-refractivity contribution < 1.29 is 58.7 Å². The van der Waals surface area contributed by atoms with E-state index in [1.807, 2.05) is 45.9 Å². The first-order valence-electron chi connectivity index (χ1n) is 28.0. The summed E-state index contributed by atoms with van der Waals surface area (Å²) in [6.45, 7) is 18.7. The topological polar surface area (TPSA) is 253 Å². The molecule has 0 unspecified atom stereocenters. The predicted octanol–water partition coefficient (Wildman–Crippen LogP) is 6.36. The molecule has 8 N–H and O–H groups in total. The van der Waals surface area contributed by atoms with Crippen LogP contribution in [0.15, 0.2) is 84.0 Å². The molecule has 0 aliphatic carbocycles. The van der Waals surface area contributed by atoms with Gasteiger partial charge in [-0.15, -0.1) is 0 Å². The minimum Gasteiger partial charge on any atom is -0.508 e. The number of ketones is 1. The summed E-state index contributed by atoms with van der Waals surface area (Å²) in [6, 6.07) is 2.95. The van der Waals surface area contributed by atoms with E-state index in [1.165, 1.54) is 30.1 Å². The van der Waals surface area contributed by atoms with Crippen LogP contribution < -0.4 is 21.4 Å². The molecule has 2 bridgehead atoms. The van der Waals surface area contributed by atoms with Crippen molar-refractivity contribution in [2.24, 2.45) is 41.4 Å². The fourth-order valence-electron chi connectivity index (χ4n) is 10.9. The second-order valence-electron chi connectivity index (χ2n) is 22.7. The number of esters is 1. The van der Waals surface area contributed by atoms with E-state index >= 15 is 0 Å². The van der Waals surface area contributed by atoms with Gasteiger partial charge < -0.3 is 50.6 Å². The van der Waals surface area contributed by atoms with E-state index in [1.54, 1.807) is 51.1 Å². The number of benzene rings is 1. The van der Waals surface area contributed by atoms with Gasteiger partial charge in [0.2, 0.25) is 17.7 Å². The Hall–Kier alpha value is -5.46. The third-order valence-corrected chi connectivity index (χ3v) is 16.2. The number of amides is 4. The summed E-state index contributed by atoms with van der Waals surface area (Å²) in [5.41, 5.74) is 4.44. The molecule has 2 fully saturated rings. The Morgan fingerprint density at radius 2 is 1.74 bits per heavy atom. The molecule has 4 heterocycles. The van der Waals surface area contributed by atoms with Crippen LogP contribution in [0.25, 0.3) is 0 Å². The minimum atomic E-state index is -1.43. The molecule has 0 radical (unpaired) electrons. The highest BCUT2D eigenvalue weighted by atomic mass is 16.5. The van der Waals surface area contributed by atoms with E-state index < -0.39 is 89.7 Å². The smallest absolute Gasteiger partial charge is 0.325 e. The van der Waals surface area contributed by atoms with Crippen molar-refractivity contribution in [1.82, 2.24) is 26.4 Å². The van der Waals surface area contributed by atoms with Crippen LogP contribution in [0.5, 0.6) is 5.75 Å². The van der Waals surface area contributed by atoms with Crippen molar-refractivity contribution in [2.75, 3.05) is 6.54 Å². The van der Waals surface area contributed by atoms with E-state index in [0.29, 0.717) is 37.7 Å². The number of nitrogens with zero attached hydrogens (tertiary/aromatic N) is 1. The molecule has 15 atom stereocenters. The first-order valence-corrected chi connectivity index (χ1v) is 28.0. The lowest BCUT2D eigenvalue weighted by Gasteiger charge is -2.51. The highest BCUT2D eigenvalue weighted by Crippen LogP contribution is 2.43. The molecule has 4 aliphatic heterocycles. The molecule has 4 aliphatic rings. The van der Waals surface area contributed by atoms with Gasteiger partial charge in [0.15, 0.2) is 5.72 Å². The fraction of sp³-hybridized carbons (Fsp3) is 0.633. The lowest BCUT2D eigenvalue weighted by atomic mass is 9.75. The summed E-state index contributed by atoms with van der Waals surface area (Å²) >= 11 is 0. The second kappa shape index (κ2) is 29.0. The lowest BCUT2D eigenvalue weighted by molar-refractivity contribution is -0.179. The SMILES string of the molecule is CC[C@H]1C[C@H](C)[C@@]2(NC1=O)O[C@@H](C[C@H](O)[C@@H](C)CC/C=C/C=C(/C)[C@@H]1CC=CC=C[C@H](O)[C@H](C)[C@@H](O)[C@@H](CCC(C)=O)C(=O)N[C@@H](C(C)C)C(=O)N[C@@H](Cc3cccc(O)c3)C(=O)N3CCC[C@H](N3)C(=O)O1)[C@H](C)C=C2C. The van der Waals surface area contributed by atoms with E-state index in [0.717, 1.165) is 24.0 Å². The van der Waals surface area contributed by atoms with Gasteiger partial charge in [-0.2, -0.15) is 0 Å². The summed E-state index contributed by atoms with van der Waals surface area (Å²) in [6.07, 6.45) is 14.4. The van der Waals surface area contributed by atoms with Gasteiger partial charge in [0.25, 0.3) is 5.91 Å². The number of Topliss-reactive ketones (excluding diaryl/α,β-unsaturated/α-hetero) is 1. The Bertz CT molecular complexity index is 2360. The van der Waals surface area contributed by atoms with Crippen LogP contribution in [0.4, 0.5) is 0 Å². The van der Waals surface area contributed by atoms with Crippen LogP contribution in [0.1, 0.15) is 139 Å². The Balaban J connectivity index is 1.35. The highest BCUT2D eigenvalue weighted by Gasteiger charge is 2.51. The number of carbonyl (C=O) groups excluding carboxylic acids is 6. The first-order chi connectivity index (χ1) is 36.5. The average Bonchev–Trinajstić information content (AvgIpc) is 3.38. The Labute approximate surface area is 456 Å². The molecular weight excluding hydrogens is 983 g/mol. The molecule has 1 aromatic rings. The third kappa shape index (κ3) is 17.0. The Morgan fingerprint density at radius 1 is 1.00 bits per heavy atom. The molecule has 0 saturated carbocycles. The first kappa shape index (κ1) is 62.4. The molecule has 17 heteroatoms. The number of allylic oxidation sites excluding steroid dienone is 5. The molecule has 4 amide bonds. The summed E-state index contributed by atoms with van der Waals surface area (Å²) in [4.78, 5) is 82.1. The van der Waals surface area contributed by atoms with Crippen LogP contribution in [0.3, 0.4) is 0 Å². The van der Waals surface area contributed by atoms with Gasteiger partial charge in [-0.3, -0.25) is 29.0 Å². The van der Waals surface area contributed by atoms with Crippen molar-refractivity contribution in [3.63, 3.8) is 0 Å². The number of hydrogen-bond donors (Lipinski definition) is 8. The molecule has 17 nitrogen and oxygen atoms in total. The summed E-state index contributed by atoms with van der Waals surface area (Å²) in [5, 5.41) is 54.7. The normalized spacial score (nSPS) is 32.4. The van der Waals surface area contributed by atoms with Crippen LogP contribution in [-0.2, 0) is 44.7 Å². The molecule has 1 aromatic carbocycles. The summed E-state index contributed by atoms with van der Waals surface area (Å²) in [7, 11) is 0. The zero-order chi connectivity index (χ0) is 56.7. The van der Waals surface area contributed by atoms with Crippen molar-refractivity contribution in [2.45, 2.75) is 194 Å². The van der Waals surface area contributed by atoms with Crippen LogP contribution >= 0.6 is 0 Å². The quantitative estimate of drug-likeness (QED) is 0.0542. The maximum absolute atomic E-state index is 14.5. The number of aliphatic hydroxyl groups excluding tert-OH is 3. The minimum absolute atomic E-state index is 0.00834. The molecule has 5 rings (SSSR count). The number of piperidine rings is 1. The largest absolute Gasteiger partial charge is 0.508 e. The molecule has 77 heavy (non-hydrogen) atoms. The number of aliphatic hydroxyl groups is 3. The van der Waals surface area contributed by atoms with E-state index in [2.05, 4.69) is 41.3 Å². The zero-order valence-corrected chi connectivity index (χ0v) is 47.1. The van der Waals surface area contributed by atoms with Gasteiger partial charge in [-0.25, -0.2) is 5.43 Å². The number of rotatable bonds is 15. The molecule has 0 aromatic heterocycles. The number of phenolic OH excluding ortho intramolecular Hbond substituents is 1. The third-order valence-electron chi connectivity index (χ3n) is 16.2. The number of nitrogens with one attached hydrogen (secondary N) is 4. The number of hydrazine groups is 1. The number of ether oxygens (including phenoxy) is 2. The van der Waals surface area contributed by atoms with Crippen LogP contribution in [0.2, 0.25) is 0 Å². The van der Waals surface area contributed by atoms with E-state index in [-0.39, 0.29) is 79.4 Å². The number of aromatic hydroxyl groups is 1. The number of cyclic esters (lactones) is 1. The molecule has 2 saturated heterocycles. The summed E-state index contributed by atoms with van der Waals surface area (Å²) in [5.74, 6) is -5.31. The standard InChI is InChI=1S/C60H89N5O12/c1-11-44-31-40(8)60(63-55(44)71)39(7)30-38(6)52(77-60)34-50(69)36(4)20-14-12-15-21-37(5)51-26-17-13-16-25-49(68)42(10)54(70)46(28-27-41(9)66)56(72)62-53(35(2)3)57(73)61-48(33-43-22-18-23-45(67)32-43)58(74)65-29-19-24-47(64-65)59(75)76-51/h12-13,15-18,21-23,25,30,32,35-36,38,40,42,44,46-54,64,67-70H,11,14,19-20,24,26-29,31,33-34H2,1-10H3,(H,61,73)(H,62,72)(H,63,71)/b15-12+,17-13?,25-16?,37-21-/t36-,38+,40-,42-,44-,46+,47-,48-,49-,50-,51-,52-,53-,54+,60-/m0/s1. The predicted molar refractivity (Wildman–Crippen MR) is 294 cm³/mol. The monoisotopic (exact) mass is 1070 g/mol. The van der Waals surface area contributed by atoms with Gasteiger partial charge in [-0.1, -0.05) is 109 Å². The second-order valence-corrected chi connectivity index (χ2v) is 22.7. The summed E-state index contributed by atoms with van der Waals surface area (Å²) < 4.78 is 13.0. The number of hydrogen-bond acceptors (Lipinski definition) is 13. The number of fused-ring (bicyclic) bond motifs is 2. The van der Waals surface area contributed by atoms with E-state index in [4.69, 9.17) is 9.47 Å². The van der Waals surface area contributed by atoms with Crippen molar-refractivity contribution in [3.8, 4) is 5.75 Å². The molecular formula is C60H89N5O12. The maximum Gasteiger partial charge on any atom is 0.325 e. The number of phenols is 1. The van der Waals surface area contributed by atoms with Gasteiger partial charge >= 0.3 is 5.97 Å². The molecule has 1 spiro atoms. The van der Waals surface area contributed by atoms with Gasteiger partial charge in [-0.05, 0) is 106 Å². The maximum atomic E-state index is 14.5. The fourth-order valence-corrected chi connectivity index (χ4v) is 10.9. The van der Waals surface area contributed by atoms with Crippen molar-refractivity contribution in [3.05, 3.63) is 89.6 Å². The van der Waals surface area contributed by atoms with Crippen LogP contribution in [0, 0.1) is 41.4 Å².